The molecule has 3 aromatic rings. The van der Waals surface area contributed by atoms with Crippen molar-refractivity contribution >= 4 is 27.8 Å². The van der Waals surface area contributed by atoms with Crippen molar-refractivity contribution in [3.05, 3.63) is 87.9 Å². The topological polar surface area (TPSA) is 77.0 Å². The molecule has 0 radical (unpaired) electrons. The Balaban J connectivity index is 1.69. The quantitative estimate of drug-likeness (QED) is 0.386. The van der Waals surface area contributed by atoms with E-state index < -0.39 is 10.0 Å². The minimum Gasteiger partial charge on any atom is -0.493 e. The van der Waals surface area contributed by atoms with E-state index in [1.165, 1.54) is 36.0 Å². The summed E-state index contributed by atoms with van der Waals surface area (Å²) in [5.74, 6) is 1.11. The van der Waals surface area contributed by atoms with Gasteiger partial charge in [-0.1, -0.05) is 35.4 Å². The van der Waals surface area contributed by atoms with Gasteiger partial charge in [0, 0.05) is 5.02 Å². The number of hydrogen-bond donors (Lipinski definition) is 1. The van der Waals surface area contributed by atoms with Crippen molar-refractivity contribution in [2.45, 2.75) is 25.3 Å². The van der Waals surface area contributed by atoms with Crippen molar-refractivity contribution in [2.24, 2.45) is 5.10 Å². The second kappa shape index (κ2) is 9.85. The van der Waals surface area contributed by atoms with Gasteiger partial charge in [0.2, 0.25) is 0 Å². The standard InChI is InChI=1S/C23H23ClN2O4S/c1-16-4-5-17(2)19(12-16)15-30-22-11-6-18(13-23(22)29-3)14-25-26-31(27,28)21-9-7-20(24)8-10-21/h4-14,26H,15H2,1-3H3/b25-14+. The number of rotatable bonds is 8. The molecule has 0 aromatic heterocycles. The number of nitrogens with zero attached hydrogens (tertiary/aromatic N) is 1. The van der Waals surface area contributed by atoms with Crippen LogP contribution in [0.3, 0.4) is 0 Å². The molecule has 0 unspecified atom stereocenters. The molecule has 0 aliphatic rings. The summed E-state index contributed by atoms with van der Waals surface area (Å²) in [5.41, 5.74) is 4.07. The van der Waals surface area contributed by atoms with Crippen molar-refractivity contribution in [1.29, 1.82) is 0 Å². The molecule has 162 valence electrons. The molecule has 31 heavy (non-hydrogen) atoms. The van der Waals surface area contributed by atoms with Gasteiger partial charge in [0.1, 0.15) is 6.61 Å². The van der Waals surface area contributed by atoms with Crippen molar-refractivity contribution in [1.82, 2.24) is 4.83 Å². The van der Waals surface area contributed by atoms with Crippen molar-refractivity contribution in [3.8, 4) is 11.5 Å². The van der Waals surface area contributed by atoms with E-state index in [2.05, 4.69) is 28.1 Å². The van der Waals surface area contributed by atoms with Crippen LogP contribution in [0.15, 0.2) is 70.7 Å². The van der Waals surface area contributed by atoms with Gasteiger partial charge in [-0.25, -0.2) is 4.83 Å². The van der Waals surface area contributed by atoms with E-state index in [9.17, 15) is 8.42 Å². The summed E-state index contributed by atoms with van der Waals surface area (Å²) in [5, 5.41) is 4.29. The molecule has 0 saturated heterocycles. The summed E-state index contributed by atoms with van der Waals surface area (Å²) in [6.07, 6.45) is 1.39. The zero-order chi connectivity index (χ0) is 22.4. The van der Waals surface area contributed by atoms with Crippen LogP contribution in [0.2, 0.25) is 5.02 Å². The van der Waals surface area contributed by atoms with Gasteiger partial charge in [0.25, 0.3) is 10.0 Å². The van der Waals surface area contributed by atoms with Crippen LogP contribution in [0, 0.1) is 13.8 Å². The Kier molecular flexibility index (Phi) is 7.20. The van der Waals surface area contributed by atoms with E-state index >= 15 is 0 Å². The largest absolute Gasteiger partial charge is 0.493 e. The lowest BCUT2D eigenvalue weighted by Gasteiger charge is -2.13. The van der Waals surface area contributed by atoms with Crippen LogP contribution in [0.4, 0.5) is 0 Å². The SMILES string of the molecule is COc1cc(/C=N/NS(=O)(=O)c2ccc(Cl)cc2)ccc1OCc1cc(C)ccc1C. The van der Waals surface area contributed by atoms with Gasteiger partial charge in [-0.2, -0.15) is 13.5 Å². The third-order valence-corrected chi connectivity index (χ3v) is 6.08. The van der Waals surface area contributed by atoms with E-state index in [1.807, 2.05) is 13.8 Å². The molecular weight excluding hydrogens is 436 g/mol. The lowest BCUT2D eigenvalue weighted by molar-refractivity contribution is 0.284. The number of halogens is 1. The zero-order valence-electron chi connectivity index (χ0n) is 17.4. The number of hydrazone groups is 1. The Labute approximate surface area is 187 Å². The average molecular weight is 459 g/mol. The summed E-state index contributed by atoms with van der Waals surface area (Å²) in [6, 6.07) is 17.3. The second-order valence-electron chi connectivity index (χ2n) is 6.94. The van der Waals surface area contributed by atoms with Gasteiger partial charge >= 0.3 is 0 Å². The molecule has 0 aliphatic heterocycles. The Morgan fingerprint density at radius 1 is 1.00 bits per heavy atom. The van der Waals surface area contributed by atoms with Gasteiger partial charge in [-0.3, -0.25) is 0 Å². The third-order valence-electron chi connectivity index (χ3n) is 4.59. The number of ether oxygens (including phenoxy) is 2. The lowest BCUT2D eigenvalue weighted by atomic mass is 10.1. The maximum atomic E-state index is 12.3. The number of aryl methyl sites for hydroxylation is 2. The van der Waals surface area contributed by atoms with Crippen LogP contribution >= 0.6 is 11.6 Å². The van der Waals surface area contributed by atoms with E-state index in [0.29, 0.717) is 28.7 Å². The number of benzene rings is 3. The van der Waals surface area contributed by atoms with E-state index in [4.69, 9.17) is 21.1 Å². The van der Waals surface area contributed by atoms with E-state index in [0.717, 1.165) is 11.1 Å². The normalized spacial score (nSPS) is 11.5. The second-order valence-corrected chi connectivity index (χ2v) is 9.03. The summed E-state index contributed by atoms with van der Waals surface area (Å²) in [6.45, 7) is 4.50. The summed E-state index contributed by atoms with van der Waals surface area (Å²) in [4.78, 5) is 2.25. The molecule has 0 saturated carbocycles. The maximum Gasteiger partial charge on any atom is 0.276 e. The summed E-state index contributed by atoms with van der Waals surface area (Å²) >= 11 is 5.79. The molecule has 6 nitrogen and oxygen atoms in total. The molecule has 0 spiro atoms. The first-order valence-electron chi connectivity index (χ1n) is 9.46. The molecule has 0 fully saturated rings. The van der Waals surface area contributed by atoms with Crippen LogP contribution in [0.1, 0.15) is 22.3 Å². The molecule has 3 aromatic carbocycles. The van der Waals surface area contributed by atoms with Gasteiger partial charge < -0.3 is 9.47 Å². The Morgan fingerprint density at radius 2 is 1.74 bits per heavy atom. The lowest BCUT2D eigenvalue weighted by Crippen LogP contribution is -2.18. The highest BCUT2D eigenvalue weighted by molar-refractivity contribution is 7.89. The molecular formula is C23H23ClN2O4S. The number of methoxy groups -OCH3 is 1. The fraction of sp³-hybridized carbons (Fsp3) is 0.174. The third kappa shape index (κ3) is 5.99. The molecule has 8 heteroatoms. The fourth-order valence-corrected chi connectivity index (χ4v) is 3.75. The van der Waals surface area contributed by atoms with E-state index in [1.54, 1.807) is 25.3 Å². The van der Waals surface area contributed by atoms with Crippen molar-refractivity contribution in [2.75, 3.05) is 7.11 Å². The Hall–Kier alpha value is -3.03. The van der Waals surface area contributed by atoms with Crippen LogP contribution in [-0.4, -0.2) is 21.7 Å². The van der Waals surface area contributed by atoms with Gasteiger partial charge in [0.15, 0.2) is 11.5 Å². The number of hydrogen-bond acceptors (Lipinski definition) is 5. The van der Waals surface area contributed by atoms with Gasteiger partial charge in [0.05, 0.1) is 18.2 Å². The van der Waals surface area contributed by atoms with Crippen LogP contribution in [0.5, 0.6) is 11.5 Å². The van der Waals surface area contributed by atoms with Crippen LogP contribution in [0.25, 0.3) is 0 Å². The molecule has 0 amide bonds. The predicted octanol–water partition coefficient (Wildman–Crippen LogP) is 4.86. The smallest absolute Gasteiger partial charge is 0.276 e. The highest BCUT2D eigenvalue weighted by Crippen LogP contribution is 2.29. The summed E-state index contributed by atoms with van der Waals surface area (Å²) < 4.78 is 35.9. The minimum absolute atomic E-state index is 0.0711. The predicted molar refractivity (Wildman–Crippen MR) is 123 cm³/mol. The van der Waals surface area contributed by atoms with Crippen LogP contribution < -0.4 is 14.3 Å². The molecule has 0 heterocycles. The van der Waals surface area contributed by atoms with E-state index in [-0.39, 0.29) is 4.90 Å². The van der Waals surface area contributed by atoms with Crippen molar-refractivity contribution < 1.29 is 17.9 Å². The fourth-order valence-electron chi connectivity index (χ4n) is 2.83. The summed E-state index contributed by atoms with van der Waals surface area (Å²) in [7, 11) is -2.23. The molecule has 0 bridgehead atoms. The first-order chi connectivity index (χ1) is 14.8. The number of nitrogens with one attached hydrogen (secondary N) is 1. The van der Waals surface area contributed by atoms with Gasteiger partial charge in [-0.15, -0.1) is 0 Å². The Morgan fingerprint density at radius 3 is 2.45 bits per heavy atom. The first kappa shape index (κ1) is 22.7. The van der Waals surface area contributed by atoms with Gasteiger partial charge in [-0.05, 0) is 73.0 Å². The Bertz CT molecular complexity index is 1190. The average Bonchev–Trinajstić information content (AvgIpc) is 2.75. The maximum absolute atomic E-state index is 12.3. The number of sulfonamides is 1. The molecule has 0 aliphatic carbocycles. The van der Waals surface area contributed by atoms with Crippen molar-refractivity contribution in [3.63, 3.8) is 0 Å². The molecule has 0 atom stereocenters. The van der Waals surface area contributed by atoms with Crippen LogP contribution in [-0.2, 0) is 16.6 Å². The molecule has 3 rings (SSSR count). The highest BCUT2D eigenvalue weighted by atomic mass is 35.5. The monoisotopic (exact) mass is 458 g/mol. The first-order valence-corrected chi connectivity index (χ1v) is 11.3. The minimum atomic E-state index is -3.78. The zero-order valence-corrected chi connectivity index (χ0v) is 19.0. The highest BCUT2D eigenvalue weighted by Gasteiger charge is 2.12. The molecule has 1 N–H and O–H groups in total.